The molecule has 0 atom stereocenters. The first-order valence-corrected chi connectivity index (χ1v) is 3.83. The van der Waals surface area contributed by atoms with Crippen LogP contribution in [-0.2, 0) is 7.05 Å². The van der Waals surface area contributed by atoms with Crippen LogP contribution in [-0.4, -0.2) is 20.1 Å². The molecule has 0 aliphatic heterocycles. The zero-order chi connectivity index (χ0) is 9.26. The lowest BCUT2D eigenvalue weighted by Crippen LogP contribution is -2.26. The van der Waals surface area contributed by atoms with Crippen molar-refractivity contribution in [3.05, 3.63) is 37.4 Å². The minimum absolute atomic E-state index is 0.141. The number of nitrogens with zero attached hydrogens (tertiary/aromatic N) is 4. The third-order valence-electron chi connectivity index (χ3n) is 1.72. The number of imidazole rings is 2. The highest BCUT2D eigenvalue weighted by Crippen LogP contribution is 1.91. The Morgan fingerprint density at radius 3 is 2.77 bits per heavy atom. The van der Waals surface area contributed by atoms with Crippen molar-refractivity contribution in [3.8, 4) is 0 Å². The quantitative estimate of drug-likeness (QED) is 0.533. The molecule has 0 amide bonds. The zero-order valence-corrected chi connectivity index (χ0v) is 7.16. The average Bonchev–Trinajstić information content (AvgIpc) is 2.72. The minimum atomic E-state index is -0.141. The third kappa shape index (κ3) is 1.35. The van der Waals surface area contributed by atoms with E-state index in [-0.39, 0.29) is 6.03 Å². The Balaban J connectivity index is 2.33. The minimum Gasteiger partial charge on any atom is -0.245 e. The van der Waals surface area contributed by atoms with E-state index in [1.165, 1.54) is 15.5 Å². The third-order valence-corrected chi connectivity index (χ3v) is 1.72. The number of hydrogen-bond donors (Lipinski definition) is 0. The molecule has 0 saturated heterocycles. The van der Waals surface area contributed by atoms with Crippen molar-refractivity contribution in [1.82, 2.24) is 14.1 Å². The predicted molar refractivity (Wildman–Crippen MR) is 44.0 cm³/mol. The molecule has 5 heteroatoms. The van der Waals surface area contributed by atoms with Gasteiger partial charge in [0.25, 0.3) is 6.33 Å². The molecule has 0 spiro atoms. The van der Waals surface area contributed by atoms with Crippen LogP contribution in [0.2, 0.25) is 0 Å². The SMILES string of the molecule is C[n+]1ccn(C(=O)n2ccnc2)c1. The van der Waals surface area contributed by atoms with E-state index in [2.05, 4.69) is 4.98 Å². The first kappa shape index (κ1) is 7.72. The molecule has 0 unspecified atom stereocenters. The molecule has 0 aliphatic rings. The lowest BCUT2D eigenvalue weighted by molar-refractivity contribution is -0.670. The molecule has 0 N–H and O–H groups in total. The Kier molecular flexibility index (Phi) is 1.70. The summed E-state index contributed by atoms with van der Waals surface area (Å²) in [5.74, 6) is 0. The molecule has 0 aromatic carbocycles. The van der Waals surface area contributed by atoms with Gasteiger partial charge in [-0.1, -0.05) is 0 Å². The second-order valence-electron chi connectivity index (χ2n) is 2.74. The smallest absolute Gasteiger partial charge is 0.245 e. The lowest BCUT2D eigenvalue weighted by Gasteiger charge is -1.92. The first-order valence-electron chi connectivity index (χ1n) is 3.83. The van der Waals surface area contributed by atoms with E-state index in [1.54, 1.807) is 35.7 Å². The second kappa shape index (κ2) is 2.85. The highest BCUT2D eigenvalue weighted by molar-refractivity contribution is 5.78. The van der Waals surface area contributed by atoms with E-state index in [0.29, 0.717) is 0 Å². The summed E-state index contributed by atoms with van der Waals surface area (Å²) in [6.45, 7) is 0. The van der Waals surface area contributed by atoms with Crippen LogP contribution in [0.15, 0.2) is 37.4 Å². The van der Waals surface area contributed by atoms with Crippen molar-refractivity contribution < 1.29 is 9.36 Å². The van der Waals surface area contributed by atoms with Gasteiger partial charge >= 0.3 is 6.03 Å². The molecule has 5 nitrogen and oxygen atoms in total. The molecule has 0 fully saturated rings. The second-order valence-corrected chi connectivity index (χ2v) is 2.74. The van der Waals surface area contributed by atoms with Crippen LogP contribution in [0.3, 0.4) is 0 Å². The maximum absolute atomic E-state index is 11.6. The van der Waals surface area contributed by atoms with Gasteiger partial charge in [0.2, 0.25) is 0 Å². The summed E-state index contributed by atoms with van der Waals surface area (Å²) in [7, 11) is 1.86. The largest absolute Gasteiger partial charge is 0.425 e. The molecule has 0 bridgehead atoms. The van der Waals surface area contributed by atoms with Gasteiger partial charge in [0, 0.05) is 12.4 Å². The topological polar surface area (TPSA) is 43.7 Å². The molecule has 13 heavy (non-hydrogen) atoms. The zero-order valence-electron chi connectivity index (χ0n) is 7.16. The predicted octanol–water partition coefficient (Wildman–Crippen LogP) is 0.0255. The van der Waals surface area contributed by atoms with Crippen LogP contribution in [0.4, 0.5) is 4.79 Å². The van der Waals surface area contributed by atoms with Crippen molar-refractivity contribution in [2.75, 3.05) is 0 Å². The normalized spacial score (nSPS) is 10.2. The fourth-order valence-corrected chi connectivity index (χ4v) is 1.07. The van der Waals surface area contributed by atoms with Gasteiger partial charge in [-0.25, -0.2) is 18.9 Å². The van der Waals surface area contributed by atoms with E-state index in [1.807, 2.05) is 7.05 Å². The van der Waals surface area contributed by atoms with E-state index in [4.69, 9.17) is 0 Å². The molecule has 2 aromatic heterocycles. The van der Waals surface area contributed by atoms with Crippen LogP contribution in [0, 0.1) is 0 Å². The van der Waals surface area contributed by atoms with Crippen molar-refractivity contribution in [2.24, 2.45) is 7.05 Å². The highest BCUT2D eigenvalue weighted by atomic mass is 16.2. The maximum atomic E-state index is 11.6. The standard InChI is InChI=1S/C8H9N4O/c1-10-4-5-12(7-10)8(13)11-3-2-9-6-11/h2-7H,1H3/q+1. The average molecular weight is 177 g/mol. The van der Waals surface area contributed by atoms with Gasteiger partial charge in [-0.2, -0.15) is 4.57 Å². The number of carbonyl (C=O) groups excluding carboxylic acids is 1. The summed E-state index contributed by atoms with van der Waals surface area (Å²) in [4.78, 5) is 15.4. The summed E-state index contributed by atoms with van der Waals surface area (Å²) < 4.78 is 4.70. The Morgan fingerprint density at radius 2 is 2.23 bits per heavy atom. The summed E-state index contributed by atoms with van der Waals surface area (Å²) in [5, 5.41) is 0. The molecule has 0 aliphatic carbocycles. The summed E-state index contributed by atoms with van der Waals surface area (Å²) in [5.41, 5.74) is 0. The summed E-state index contributed by atoms with van der Waals surface area (Å²) in [6, 6.07) is -0.141. The lowest BCUT2D eigenvalue weighted by atomic mass is 10.8. The number of aromatic nitrogens is 4. The van der Waals surface area contributed by atoms with E-state index in [9.17, 15) is 4.79 Å². The van der Waals surface area contributed by atoms with Gasteiger partial charge in [0.1, 0.15) is 18.7 Å². The Hall–Kier alpha value is -1.91. The van der Waals surface area contributed by atoms with Crippen LogP contribution in [0.25, 0.3) is 0 Å². The van der Waals surface area contributed by atoms with Gasteiger partial charge in [-0.15, -0.1) is 0 Å². The summed E-state index contributed by atoms with van der Waals surface area (Å²) in [6.07, 6.45) is 9.85. The molecule has 2 aromatic rings. The molecule has 2 rings (SSSR count). The Morgan fingerprint density at radius 1 is 1.38 bits per heavy atom. The van der Waals surface area contributed by atoms with Crippen molar-refractivity contribution >= 4 is 6.03 Å². The van der Waals surface area contributed by atoms with Crippen LogP contribution in [0.1, 0.15) is 0 Å². The van der Waals surface area contributed by atoms with E-state index >= 15 is 0 Å². The molecular formula is C8H9N4O+. The number of hydrogen-bond acceptors (Lipinski definition) is 2. The van der Waals surface area contributed by atoms with Crippen molar-refractivity contribution in [3.63, 3.8) is 0 Å². The fraction of sp³-hybridized carbons (Fsp3) is 0.125. The van der Waals surface area contributed by atoms with Gasteiger partial charge < -0.3 is 0 Å². The van der Waals surface area contributed by atoms with E-state index in [0.717, 1.165) is 0 Å². The number of rotatable bonds is 0. The monoisotopic (exact) mass is 177 g/mol. The first-order chi connectivity index (χ1) is 6.27. The van der Waals surface area contributed by atoms with Crippen molar-refractivity contribution in [2.45, 2.75) is 0 Å². The van der Waals surface area contributed by atoms with E-state index < -0.39 is 0 Å². The molecule has 2 heterocycles. The molecule has 0 radical (unpaired) electrons. The Bertz CT molecular complexity index is 415. The van der Waals surface area contributed by atoms with Crippen molar-refractivity contribution in [1.29, 1.82) is 0 Å². The van der Waals surface area contributed by atoms with Crippen LogP contribution < -0.4 is 4.57 Å². The van der Waals surface area contributed by atoms with Crippen LogP contribution in [0.5, 0.6) is 0 Å². The molecule has 66 valence electrons. The van der Waals surface area contributed by atoms with Gasteiger partial charge in [0.15, 0.2) is 0 Å². The van der Waals surface area contributed by atoms with Crippen LogP contribution >= 0.6 is 0 Å². The van der Waals surface area contributed by atoms with Gasteiger partial charge in [-0.05, 0) is 0 Å². The molecular weight excluding hydrogens is 168 g/mol. The maximum Gasteiger partial charge on any atom is 0.425 e. The van der Waals surface area contributed by atoms with Gasteiger partial charge in [-0.3, -0.25) is 0 Å². The molecule has 0 saturated carbocycles. The Labute approximate surface area is 74.9 Å². The fourth-order valence-electron chi connectivity index (χ4n) is 1.07. The number of aryl methyl sites for hydroxylation is 1. The highest BCUT2D eigenvalue weighted by Gasteiger charge is 2.12. The summed E-state index contributed by atoms with van der Waals surface area (Å²) >= 11 is 0. The van der Waals surface area contributed by atoms with Gasteiger partial charge in [0.05, 0.1) is 7.05 Å². The number of carbonyl (C=O) groups is 1.